The van der Waals surface area contributed by atoms with Gasteiger partial charge in [-0.3, -0.25) is 0 Å². The maximum atomic E-state index is 14.8. The number of fused-ring (bicyclic) bond motifs is 5. The van der Waals surface area contributed by atoms with Crippen LogP contribution in [-0.2, 0) is 19.6 Å². The first-order valence-electron chi connectivity index (χ1n) is 12.0. The number of hydrogen-bond acceptors (Lipinski definition) is 5. The van der Waals surface area contributed by atoms with Gasteiger partial charge in [0.25, 0.3) is 0 Å². The van der Waals surface area contributed by atoms with Crippen LogP contribution in [0.15, 0.2) is 0 Å². The van der Waals surface area contributed by atoms with Crippen LogP contribution in [0.1, 0.15) is 77.0 Å². The molecule has 9 heteroatoms. The van der Waals surface area contributed by atoms with Gasteiger partial charge in [0.1, 0.15) is 0 Å². The fourth-order valence-electron chi connectivity index (χ4n) is 7.53. The lowest BCUT2D eigenvalue weighted by atomic mass is 9.72. The summed E-state index contributed by atoms with van der Waals surface area (Å²) in [6, 6.07) is 0. The lowest BCUT2D eigenvalue weighted by Gasteiger charge is -2.46. The lowest BCUT2D eigenvalue weighted by Crippen LogP contribution is -2.49. The first-order valence-corrected chi connectivity index (χ1v) is 13.4. The van der Waals surface area contributed by atoms with E-state index in [0.29, 0.717) is 6.42 Å². The molecule has 0 amide bonds. The van der Waals surface area contributed by atoms with Gasteiger partial charge in [0.05, 0.1) is 12.2 Å². The summed E-state index contributed by atoms with van der Waals surface area (Å²) in [4.78, 5) is 0. The van der Waals surface area contributed by atoms with Gasteiger partial charge in [-0.15, -0.1) is 0 Å². The second-order valence-electron chi connectivity index (χ2n) is 10.5. The molecule has 178 valence electrons. The third-order valence-electron chi connectivity index (χ3n) is 8.93. The summed E-state index contributed by atoms with van der Waals surface area (Å²) in [5, 5.41) is -4.92. The molecule has 1 heterocycles. The molecule has 2 bridgehead atoms. The maximum Gasteiger partial charge on any atom is 0.365 e. The molecule has 4 aliphatic carbocycles. The fraction of sp³-hybridized carbons (Fsp3) is 1.00. The van der Waals surface area contributed by atoms with Crippen molar-refractivity contribution < 1.29 is 35.6 Å². The van der Waals surface area contributed by atoms with Crippen molar-refractivity contribution >= 4 is 10.1 Å². The Morgan fingerprint density at radius 2 is 1.39 bits per heavy atom. The minimum absolute atomic E-state index is 0.118. The molecule has 0 aromatic rings. The van der Waals surface area contributed by atoms with E-state index in [1.807, 2.05) is 0 Å². The molecule has 0 spiro atoms. The summed E-state index contributed by atoms with van der Waals surface area (Å²) in [5.74, 6) is -2.05. The Morgan fingerprint density at radius 1 is 0.871 bits per heavy atom. The largest absolute Gasteiger partial charge is 0.743 e. The lowest BCUT2D eigenvalue weighted by molar-refractivity contribution is -0.263. The van der Waals surface area contributed by atoms with Crippen molar-refractivity contribution in [1.82, 2.24) is 0 Å². The third kappa shape index (κ3) is 3.48. The Kier molecular flexibility index (Phi) is 5.67. The molecule has 5 aliphatic rings. The number of rotatable bonds is 5. The number of hydrogen-bond donors (Lipinski definition) is 0. The van der Waals surface area contributed by atoms with Crippen LogP contribution in [0, 0.1) is 29.6 Å². The Morgan fingerprint density at radius 3 is 1.90 bits per heavy atom. The molecule has 5 rings (SSSR count). The summed E-state index contributed by atoms with van der Waals surface area (Å²) in [6.45, 7) is 0. The van der Waals surface area contributed by atoms with E-state index in [9.17, 15) is 26.1 Å². The smallest absolute Gasteiger partial charge is 0.365 e. The summed E-state index contributed by atoms with van der Waals surface area (Å²) >= 11 is 0. The Hall–Kier alpha value is -0.380. The molecule has 1 aliphatic heterocycles. The van der Waals surface area contributed by atoms with E-state index >= 15 is 0 Å². The van der Waals surface area contributed by atoms with Crippen molar-refractivity contribution in [3.05, 3.63) is 0 Å². The molecular weight excluding hydrogens is 433 g/mol. The average Bonchev–Trinajstić information content (AvgIpc) is 3.44. The van der Waals surface area contributed by atoms with Crippen LogP contribution in [0.4, 0.5) is 13.2 Å². The Balaban J connectivity index is 1.40. The van der Waals surface area contributed by atoms with Crippen molar-refractivity contribution in [2.75, 3.05) is 0 Å². The first kappa shape index (κ1) is 22.4. The van der Waals surface area contributed by atoms with E-state index in [4.69, 9.17) is 9.47 Å². The zero-order chi connectivity index (χ0) is 22.0. The second-order valence-corrected chi connectivity index (χ2v) is 12.0. The quantitative estimate of drug-likeness (QED) is 0.547. The molecule has 1 saturated heterocycles. The van der Waals surface area contributed by atoms with Gasteiger partial charge in [-0.2, -0.15) is 8.78 Å². The molecule has 6 atom stereocenters. The number of ether oxygens (including phenoxy) is 2. The van der Waals surface area contributed by atoms with E-state index in [0.717, 1.165) is 51.4 Å². The van der Waals surface area contributed by atoms with Gasteiger partial charge in [0.2, 0.25) is 0 Å². The van der Waals surface area contributed by atoms with Gasteiger partial charge in [0, 0.05) is 17.8 Å². The van der Waals surface area contributed by atoms with E-state index in [-0.39, 0.29) is 30.3 Å². The highest BCUT2D eigenvalue weighted by molar-refractivity contribution is 7.86. The Labute approximate surface area is 182 Å². The summed E-state index contributed by atoms with van der Waals surface area (Å²) < 4.78 is 89.3. The van der Waals surface area contributed by atoms with Gasteiger partial charge in [-0.25, -0.2) is 12.8 Å². The van der Waals surface area contributed by atoms with Crippen LogP contribution < -0.4 is 0 Å². The second kappa shape index (κ2) is 7.84. The highest BCUT2D eigenvalue weighted by Gasteiger charge is 2.68. The number of alkyl halides is 3. The SMILES string of the molecule is O=S(=O)([O-])C(F)(F)C(F)C1CC2CC1C1OC(C3CCCCC3)(C3CCCCC3)OC21. The van der Waals surface area contributed by atoms with Crippen LogP contribution in [0.3, 0.4) is 0 Å². The zero-order valence-corrected chi connectivity index (χ0v) is 18.5. The van der Waals surface area contributed by atoms with Gasteiger partial charge >= 0.3 is 5.25 Å². The molecule has 6 unspecified atom stereocenters. The average molecular weight is 466 g/mol. The van der Waals surface area contributed by atoms with Crippen LogP contribution in [-0.4, -0.2) is 42.4 Å². The monoisotopic (exact) mass is 465 g/mol. The highest BCUT2D eigenvalue weighted by atomic mass is 32.2. The van der Waals surface area contributed by atoms with E-state index in [2.05, 4.69) is 0 Å². The molecular formula is C22H32F3O5S-. The van der Waals surface area contributed by atoms with Gasteiger partial charge < -0.3 is 14.0 Å². The van der Waals surface area contributed by atoms with Crippen LogP contribution in [0.5, 0.6) is 0 Å². The molecule has 5 nitrogen and oxygen atoms in total. The maximum absolute atomic E-state index is 14.8. The minimum Gasteiger partial charge on any atom is -0.743 e. The topological polar surface area (TPSA) is 75.7 Å². The van der Waals surface area contributed by atoms with Crippen molar-refractivity contribution in [2.24, 2.45) is 29.6 Å². The third-order valence-corrected chi connectivity index (χ3v) is 9.82. The predicted molar refractivity (Wildman–Crippen MR) is 105 cm³/mol. The standard InChI is InChI=1S/C22H33F3O5S/c23-20(22(24,25)31(26,27)28)17-12-13-11-16(17)19-18(13)29-21(30-19,14-7-3-1-4-8-14)15-9-5-2-6-10-15/h13-20H,1-12H2,(H,26,27,28)/p-1. The minimum atomic E-state index is -6.07. The van der Waals surface area contributed by atoms with Crippen molar-refractivity contribution in [2.45, 2.75) is 106 Å². The molecule has 5 fully saturated rings. The summed E-state index contributed by atoms with van der Waals surface area (Å²) in [5.41, 5.74) is 0. The van der Waals surface area contributed by atoms with Gasteiger partial charge in [-0.05, 0) is 50.4 Å². The van der Waals surface area contributed by atoms with Crippen molar-refractivity contribution in [3.8, 4) is 0 Å². The summed E-state index contributed by atoms with van der Waals surface area (Å²) in [6.07, 6.45) is 7.83. The van der Waals surface area contributed by atoms with Crippen LogP contribution in [0.2, 0.25) is 0 Å². The molecule has 31 heavy (non-hydrogen) atoms. The summed E-state index contributed by atoms with van der Waals surface area (Å²) in [7, 11) is -6.07. The van der Waals surface area contributed by atoms with Crippen LogP contribution in [0.25, 0.3) is 0 Å². The molecule has 0 N–H and O–H groups in total. The molecule has 0 aromatic carbocycles. The zero-order valence-electron chi connectivity index (χ0n) is 17.7. The molecule has 0 aromatic heterocycles. The van der Waals surface area contributed by atoms with Gasteiger partial charge in [-0.1, -0.05) is 38.5 Å². The molecule has 0 radical (unpaired) electrons. The predicted octanol–water partition coefficient (Wildman–Crippen LogP) is 4.76. The van der Waals surface area contributed by atoms with E-state index in [1.165, 1.54) is 12.8 Å². The van der Waals surface area contributed by atoms with Gasteiger partial charge in [0.15, 0.2) is 22.1 Å². The normalized spacial score (nSPS) is 40.2. The highest BCUT2D eigenvalue weighted by Crippen LogP contribution is 2.62. The fourth-order valence-corrected chi connectivity index (χ4v) is 7.98. The van der Waals surface area contributed by atoms with E-state index < -0.39 is 45.3 Å². The first-order chi connectivity index (χ1) is 14.6. The number of halogens is 3. The van der Waals surface area contributed by atoms with Crippen molar-refractivity contribution in [1.29, 1.82) is 0 Å². The molecule has 4 saturated carbocycles. The van der Waals surface area contributed by atoms with E-state index in [1.54, 1.807) is 0 Å². The van der Waals surface area contributed by atoms with Crippen molar-refractivity contribution in [3.63, 3.8) is 0 Å². The van der Waals surface area contributed by atoms with Crippen LogP contribution >= 0.6 is 0 Å². The Bertz CT molecular complexity index is 760.